The van der Waals surface area contributed by atoms with Crippen molar-refractivity contribution in [2.45, 2.75) is 0 Å². The van der Waals surface area contributed by atoms with E-state index in [0.29, 0.717) is 0 Å². The third-order valence-electron chi connectivity index (χ3n) is 10.8. The average Bonchev–Trinajstić information content (AvgIpc) is 3.27. The van der Waals surface area contributed by atoms with Crippen molar-refractivity contribution in [3.63, 3.8) is 0 Å². The van der Waals surface area contributed by atoms with Gasteiger partial charge in [0.2, 0.25) is 0 Å². The largest absolute Gasteiger partial charge is 0.310 e. The summed E-state index contributed by atoms with van der Waals surface area (Å²) < 4.78 is 0. The van der Waals surface area contributed by atoms with E-state index in [0.717, 1.165) is 17.1 Å². The molecule has 0 aliphatic rings. The van der Waals surface area contributed by atoms with Crippen LogP contribution in [0.5, 0.6) is 0 Å². The second kappa shape index (κ2) is 14.0. The van der Waals surface area contributed by atoms with Crippen molar-refractivity contribution < 1.29 is 0 Å². The Balaban J connectivity index is 1.19. The molecule has 0 saturated carbocycles. The SMILES string of the molecule is c1ccc(-c2ccc(N(c3ccc(-c4ccc5ccccc5c4)cc3)c3cccc(-c4cc5ccccc5c5ccccc45)c3-c3ccccc3)cc2)cc1. The monoisotopic (exact) mass is 699 g/mol. The highest BCUT2D eigenvalue weighted by Crippen LogP contribution is 2.48. The first-order valence-corrected chi connectivity index (χ1v) is 18.9. The van der Waals surface area contributed by atoms with Crippen molar-refractivity contribution in [2.24, 2.45) is 0 Å². The van der Waals surface area contributed by atoms with Gasteiger partial charge in [0.25, 0.3) is 0 Å². The van der Waals surface area contributed by atoms with Crippen molar-refractivity contribution in [2.75, 3.05) is 4.90 Å². The molecule has 0 radical (unpaired) electrons. The van der Waals surface area contributed by atoms with E-state index in [1.54, 1.807) is 0 Å². The molecule has 0 spiro atoms. The lowest BCUT2D eigenvalue weighted by Gasteiger charge is -2.30. The van der Waals surface area contributed by atoms with Crippen LogP contribution < -0.4 is 4.90 Å². The van der Waals surface area contributed by atoms with Crippen LogP contribution in [0.1, 0.15) is 0 Å². The summed E-state index contributed by atoms with van der Waals surface area (Å²) in [5.41, 5.74) is 12.9. The van der Waals surface area contributed by atoms with E-state index in [1.807, 2.05) is 0 Å². The van der Waals surface area contributed by atoms with Crippen LogP contribution >= 0.6 is 0 Å². The minimum atomic E-state index is 1.09. The van der Waals surface area contributed by atoms with Gasteiger partial charge in [-0.2, -0.15) is 0 Å². The van der Waals surface area contributed by atoms with Crippen molar-refractivity contribution >= 4 is 49.4 Å². The van der Waals surface area contributed by atoms with Crippen LogP contribution in [0, 0.1) is 0 Å². The van der Waals surface area contributed by atoms with Gasteiger partial charge in [0.05, 0.1) is 5.69 Å². The van der Waals surface area contributed by atoms with Gasteiger partial charge in [-0.05, 0) is 114 Å². The van der Waals surface area contributed by atoms with Crippen LogP contribution in [0.3, 0.4) is 0 Å². The molecule has 0 amide bonds. The Morgan fingerprint density at radius 3 is 1.45 bits per heavy atom. The minimum Gasteiger partial charge on any atom is -0.310 e. The molecule has 258 valence electrons. The third kappa shape index (κ3) is 6.02. The standard InChI is InChI=1S/C54H37N/c1-3-14-38(15-4-1)40-28-32-46(33-29-40)55(47-34-30-41(31-35-47)44-27-26-39-16-7-8-19-43(39)36-44)53-25-13-24-51(54(53)42-17-5-2-6-18-42)52-37-45-20-9-10-21-48(45)49-22-11-12-23-50(49)52/h1-37H. The fraction of sp³-hybridized carbons (Fsp3) is 0. The first kappa shape index (κ1) is 32.4. The summed E-state index contributed by atoms with van der Waals surface area (Å²) in [6, 6.07) is 81.5. The Labute approximate surface area is 322 Å². The van der Waals surface area contributed by atoms with Crippen molar-refractivity contribution in [3.8, 4) is 44.5 Å². The van der Waals surface area contributed by atoms with Crippen LogP contribution in [-0.4, -0.2) is 0 Å². The molecule has 1 heteroatoms. The second-order valence-corrected chi connectivity index (χ2v) is 14.1. The number of nitrogens with zero attached hydrogens (tertiary/aromatic N) is 1. The highest BCUT2D eigenvalue weighted by Gasteiger charge is 2.22. The molecular weight excluding hydrogens is 663 g/mol. The molecule has 0 aliphatic carbocycles. The normalized spacial score (nSPS) is 11.3. The maximum atomic E-state index is 2.42. The van der Waals surface area contributed by atoms with Gasteiger partial charge in [-0.15, -0.1) is 0 Å². The molecule has 55 heavy (non-hydrogen) atoms. The summed E-state index contributed by atoms with van der Waals surface area (Å²) in [4.78, 5) is 2.42. The summed E-state index contributed by atoms with van der Waals surface area (Å²) in [5, 5.41) is 7.51. The summed E-state index contributed by atoms with van der Waals surface area (Å²) in [5.74, 6) is 0. The highest BCUT2D eigenvalue weighted by atomic mass is 15.1. The summed E-state index contributed by atoms with van der Waals surface area (Å²) in [6.07, 6.45) is 0. The van der Waals surface area contributed by atoms with Gasteiger partial charge >= 0.3 is 0 Å². The van der Waals surface area contributed by atoms with Crippen LogP contribution in [0.25, 0.3) is 76.8 Å². The molecule has 0 saturated heterocycles. The van der Waals surface area contributed by atoms with Crippen molar-refractivity contribution in [1.82, 2.24) is 0 Å². The molecule has 10 rings (SSSR count). The highest BCUT2D eigenvalue weighted by molar-refractivity contribution is 6.15. The zero-order valence-corrected chi connectivity index (χ0v) is 30.3. The molecule has 10 aromatic carbocycles. The van der Waals surface area contributed by atoms with Gasteiger partial charge in [0.15, 0.2) is 0 Å². The van der Waals surface area contributed by atoms with Gasteiger partial charge < -0.3 is 4.90 Å². The van der Waals surface area contributed by atoms with Crippen LogP contribution in [0.2, 0.25) is 0 Å². The lowest BCUT2D eigenvalue weighted by atomic mass is 9.87. The molecule has 0 aliphatic heterocycles. The first-order chi connectivity index (χ1) is 27.3. The Kier molecular flexibility index (Phi) is 8.24. The molecule has 0 bridgehead atoms. The molecule has 0 N–H and O–H groups in total. The molecule has 0 unspecified atom stereocenters. The van der Waals surface area contributed by atoms with Gasteiger partial charge in [0, 0.05) is 16.9 Å². The van der Waals surface area contributed by atoms with Crippen molar-refractivity contribution in [3.05, 3.63) is 224 Å². The predicted octanol–water partition coefficient (Wildman–Crippen LogP) is 15.3. The molecular formula is C54H37N. The first-order valence-electron chi connectivity index (χ1n) is 18.9. The minimum absolute atomic E-state index is 1.09. The Morgan fingerprint density at radius 2 is 0.764 bits per heavy atom. The number of benzene rings is 10. The molecule has 10 aromatic rings. The smallest absolute Gasteiger partial charge is 0.0546 e. The lowest BCUT2D eigenvalue weighted by Crippen LogP contribution is -2.12. The van der Waals surface area contributed by atoms with Gasteiger partial charge in [-0.3, -0.25) is 0 Å². The summed E-state index contributed by atoms with van der Waals surface area (Å²) >= 11 is 0. The Hall–Kier alpha value is -7.22. The molecule has 0 atom stereocenters. The van der Waals surface area contributed by atoms with Gasteiger partial charge in [0.1, 0.15) is 0 Å². The van der Waals surface area contributed by atoms with E-state index in [2.05, 4.69) is 229 Å². The maximum absolute atomic E-state index is 2.42. The quantitative estimate of drug-likeness (QED) is 0.150. The zero-order chi connectivity index (χ0) is 36.6. The summed E-state index contributed by atoms with van der Waals surface area (Å²) in [7, 11) is 0. The van der Waals surface area contributed by atoms with E-state index in [1.165, 1.54) is 76.8 Å². The van der Waals surface area contributed by atoms with E-state index >= 15 is 0 Å². The van der Waals surface area contributed by atoms with E-state index < -0.39 is 0 Å². The zero-order valence-electron chi connectivity index (χ0n) is 30.3. The second-order valence-electron chi connectivity index (χ2n) is 14.1. The predicted molar refractivity (Wildman–Crippen MR) is 235 cm³/mol. The average molecular weight is 700 g/mol. The number of fused-ring (bicyclic) bond motifs is 4. The van der Waals surface area contributed by atoms with E-state index in [-0.39, 0.29) is 0 Å². The van der Waals surface area contributed by atoms with Crippen molar-refractivity contribution in [1.29, 1.82) is 0 Å². The number of anilines is 3. The number of hydrogen-bond acceptors (Lipinski definition) is 1. The maximum Gasteiger partial charge on any atom is 0.0546 e. The number of hydrogen-bond donors (Lipinski definition) is 0. The Morgan fingerprint density at radius 1 is 0.255 bits per heavy atom. The topological polar surface area (TPSA) is 3.24 Å². The van der Waals surface area contributed by atoms with Gasteiger partial charge in [-0.25, -0.2) is 0 Å². The fourth-order valence-electron chi connectivity index (χ4n) is 8.17. The van der Waals surface area contributed by atoms with Crippen LogP contribution in [-0.2, 0) is 0 Å². The van der Waals surface area contributed by atoms with Crippen LogP contribution in [0.15, 0.2) is 224 Å². The summed E-state index contributed by atoms with van der Waals surface area (Å²) in [6.45, 7) is 0. The Bertz CT molecular complexity index is 2950. The van der Waals surface area contributed by atoms with E-state index in [9.17, 15) is 0 Å². The fourth-order valence-corrected chi connectivity index (χ4v) is 8.17. The van der Waals surface area contributed by atoms with Crippen LogP contribution in [0.4, 0.5) is 17.1 Å². The van der Waals surface area contributed by atoms with E-state index in [4.69, 9.17) is 0 Å². The third-order valence-corrected chi connectivity index (χ3v) is 10.8. The molecule has 0 aromatic heterocycles. The van der Waals surface area contributed by atoms with Gasteiger partial charge in [-0.1, -0.05) is 182 Å². The molecule has 1 nitrogen and oxygen atoms in total. The number of rotatable bonds is 7. The molecule has 0 fully saturated rings. The lowest BCUT2D eigenvalue weighted by molar-refractivity contribution is 1.28. The molecule has 0 heterocycles.